The lowest BCUT2D eigenvalue weighted by Gasteiger charge is -2.39. The van der Waals surface area contributed by atoms with Gasteiger partial charge in [-0.15, -0.1) is 0 Å². The van der Waals surface area contributed by atoms with Gasteiger partial charge in [0.25, 0.3) is 0 Å². The van der Waals surface area contributed by atoms with Crippen molar-refractivity contribution in [1.29, 1.82) is 0 Å². The third-order valence-electron chi connectivity index (χ3n) is 5.66. The first kappa shape index (κ1) is 17.7. The van der Waals surface area contributed by atoms with Crippen LogP contribution in [0.1, 0.15) is 54.4 Å². The Balaban J connectivity index is 2.22. The molecule has 2 unspecified atom stereocenters. The first-order chi connectivity index (χ1) is 9.77. The van der Waals surface area contributed by atoms with Crippen LogP contribution in [0.15, 0.2) is 0 Å². The number of carbonyl (C=O) groups excluding carboxylic acids is 1. The van der Waals surface area contributed by atoms with Crippen molar-refractivity contribution >= 4 is 16.0 Å². The van der Waals surface area contributed by atoms with Crippen molar-refractivity contribution in [2.24, 2.45) is 16.7 Å². The van der Waals surface area contributed by atoms with Crippen LogP contribution in [-0.2, 0) is 19.6 Å². The third kappa shape index (κ3) is 3.18. The van der Waals surface area contributed by atoms with Crippen molar-refractivity contribution in [2.75, 3.05) is 18.8 Å². The Morgan fingerprint density at radius 1 is 1.27 bits per heavy atom. The Bertz CT molecular complexity index is 561. The number of esters is 1. The fraction of sp³-hybridized carbons (Fsp3) is 0.938. The number of ether oxygens (including phenoxy) is 1. The highest BCUT2D eigenvalue weighted by Gasteiger charge is 2.57. The molecule has 0 spiro atoms. The summed E-state index contributed by atoms with van der Waals surface area (Å²) in [5.74, 6) is -0.0687. The van der Waals surface area contributed by atoms with E-state index in [9.17, 15) is 13.2 Å². The molecule has 1 aliphatic carbocycles. The molecule has 0 amide bonds. The van der Waals surface area contributed by atoms with E-state index >= 15 is 0 Å². The summed E-state index contributed by atoms with van der Waals surface area (Å²) in [6, 6.07) is 0. The maximum absolute atomic E-state index is 12.7. The van der Waals surface area contributed by atoms with Crippen LogP contribution >= 0.6 is 0 Å². The van der Waals surface area contributed by atoms with Crippen molar-refractivity contribution in [1.82, 2.24) is 4.31 Å². The van der Waals surface area contributed by atoms with Crippen molar-refractivity contribution in [3.05, 3.63) is 0 Å². The summed E-state index contributed by atoms with van der Waals surface area (Å²) in [5, 5.41) is 0. The zero-order valence-electron chi connectivity index (χ0n) is 14.6. The van der Waals surface area contributed by atoms with Gasteiger partial charge in [0, 0.05) is 6.54 Å². The minimum Gasteiger partial charge on any atom is -0.459 e. The molecule has 2 rings (SSSR count). The first-order valence-corrected chi connectivity index (χ1v) is 9.57. The molecular formula is C16H29NO4S. The minimum absolute atomic E-state index is 0.0389. The summed E-state index contributed by atoms with van der Waals surface area (Å²) in [7, 11) is -3.44. The van der Waals surface area contributed by atoms with Crippen LogP contribution < -0.4 is 0 Å². The van der Waals surface area contributed by atoms with Crippen molar-refractivity contribution in [2.45, 2.75) is 60.0 Å². The van der Waals surface area contributed by atoms with Crippen molar-refractivity contribution < 1.29 is 17.9 Å². The molecular weight excluding hydrogens is 302 g/mol. The number of hydrogen-bond donors (Lipinski definition) is 0. The maximum Gasteiger partial charge on any atom is 0.321 e. The molecule has 0 N–H and O–H groups in total. The highest BCUT2D eigenvalue weighted by atomic mass is 32.2. The number of carbonyl (C=O) groups is 1. The lowest BCUT2D eigenvalue weighted by molar-refractivity contribution is -0.155. The summed E-state index contributed by atoms with van der Waals surface area (Å²) < 4.78 is 32.0. The van der Waals surface area contributed by atoms with Crippen LogP contribution in [0.25, 0.3) is 0 Å². The van der Waals surface area contributed by atoms with Crippen LogP contribution in [-0.4, -0.2) is 43.1 Å². The molecule has 0 aromatic rings. The third-order valence-corrected chi connectivity index (χ3v) is 7.73. The maximum atomic E-state index is 12.7. The molecule has 1 aliphatic heterocycles. The number of hydrogen-bond acceptors (Lipinski definition) is 4. The second-order valence-corrected chi connectivity index (χ2v) is 10.6. The van der Waals surface area contributed by atoms with Gasteiger partial charge in [0.15, 0.2) is 0 Å². The van der Waals surface area contributed by atoms with Gasteiger partial charge in [0.05, 0.1) is 5.75 Å². The Morgan fingerprint density at radius 3 is 2.41 bits per heavy atom. The van der Waals surface area contributed by atoms with Crippen molar-refractivity contribution in [3.8, 4) is 0 Å². The largest absolute Gasteiger partial charge is 0.459 e. The summed E-state index contributed by atoms with van der Waals surface area (Å²) >= 11 is 0. The van der Waals surface area contributed by atoms with E-state index in [-0.39, 0.29) is 29.0 Å². The Kier molecular flexibility index (Phi) is 4.19. The van der Waals surface area contributed by atoms with Crippen molar-refractivity contribution in [3.63, 3.8) is 0 Å². The van der Waals surface area contributed by atoms with Gasteiger partial charge in [-0.1, -0.05) is 20.8 Å². The minimum atomic E-state index is -3.44. The second kappa shape index (κ2) is 5.20. The molecule has 6 heteroatoms. The molecule has 1 heterocycles. The molecule has 0 aromatic carbocycles. The number of rotatable bonds is 2. The van der Waals surface area contributed by atoms with E-state index in [0.29, 0.717) is 6.54 Å². The normalized spacial score (nSPS) is 34.2. The van der Waals surface area contributed by atoms with E-state index in [0.717, 1.165) is 12.8 Å². The van der Waals surface area contributed by atoms with E-state index in [1.54, 1.807) is 20.8 Å². The molecule has 1 saturated carbocycles. The zero-order valence-corrected chi connectivity index (χ0v) is 15.4. The van der Waals surface area contributed by atoms with Gasteiger partial charge in [-0.25, -0.2) is 8.42 Å². The highest BCUT2D eigenvalue weighted by Crippen LogP contribution is 2.58. The molecule has 0 aromatic heterocycles. The number of sulfonamides is 1. The monoisotopic (exact) mass is 331 g/mol. The summed E-state index contributed by atoms with van der Waals surface area (Å²) in [4.78, 5) is 12.0. The molecule has 2 bridgehead atoms. The molecule has 1 saturated heterocycles. The standard InChI is InChI=1S/C16H29NO4S/c1-14(2,3)21-13(18)10-17-9-12-7-8-16(6,15(12,4)5)11-22(17,19)20/h12H,7-11H2,1-6H3. The molecule has 22 heavy (non-hydrogen) atoms. The van der Waals surface area contributed by atoms with E-state index in [1.807, 2.05) is 0 Å². The fourth-order valence-electron chi connectivity index (χ4n) is 3.78. The average Bonchev–Trinajstić information content (AvgIpc) is 2.44. The fourth-order valence-corrected chi connectivity index (χ4v) is 5.99. The molecule has 0 radical (unpaired) electrons. The van der Waals surface area contributed by atoms with E-state index in [2.05, 4.69) is 20.8 Å². The SMILES string of the molecule is CC(C)(C)OC(=O)CN1CC2CCC(C)(CS1(=O)=O)C2(C)C. The molecule has 2 aliphatic rings. The van der Waals surface area contributed by atoms with Gasteiger partial charge in [-0.3, -0.25) is 4.79 Å². The summed E-state index contributed by atoms with van der Waals surface area (Å²) in [5.41, 5.74) is -0.862. The van der Waals surface area contributed by atoms with Crippen LogP contribution in [0.4, 0.5) is 0 Å². The van der Waals surface area contributed by atoms with Crippen LogP contribution in [0.3, 0.4) is 0 Å². The van der Waals surface area contributed by atoms with Gasteiger partial charge in [-0.05, 0) is 50.4 Å². The Labute approximate surface area is 134 Å². The predicted molar refractivity (Wildman–Crippen MR) is 85.8 cm³/mol. The van der Waals surface area contributed by atoms with E-state index in [1.165, 1.54) is 4.31 Å². The van der Waals surface area contributed by atoms with Gasteiger partial charge in [0.1, 0.15) is 12.1 Å². The quantitative estimate of drug-likeness (QED) is 0.729. The summed E-state index contributed by atoms with van der Waals surface area (Å²) in [6.07, 6.45) is 1.95. The van der Waals surface area contributed by atoms with E-state index in [4.69, 9.17) is 4.74 Å². The smallest absolute Gasteiger partial charge is 0.321 e. The average molecular weight is 331 g/mol. The lowest BCUT2D eigenvalue weighted by atomic mass is 9.67. The van der Waals surface area contributed by atoms with Gasteiger partial charge in [-0.2, -0.15) is 4.31 Å². The molecule has 128 valence electrons. The van der Waals surface area contributed by atoms with Gasteiger partial charge >= 0.3 is 5.97 Å². The van der Waals surface area contributed by atoms with Gasteiger partial charge < -0.3 is 4.74 Å². The Hall–Kier alpha value is -0.620. The van der Waals surface area contributed by atoms with Gasteiger partial charge in [0.2, 0.25) is 10.0 Å². The highest BCUT2D eigenvalue weighted by molar-refractivity contribution is 7.89. The molecule has 2 atom stereocenters. The Morgan fingerprint density at radius 2 is 1.86 bits per heavy atom. The van der Waals surface area contributed by atoms with Crippen LogP contribution in [0.5, 0.6) is 0 Å². The second-order valence-electron chi connectivity index (χ2n) is 8.65. The first-order valence-electron chi connectivity index (χ1n) is 7.97. The summed E-state index contributed by atoms with van der Waals surface area (Å²) in [6.45, 7) is 12.0. The zero-order chi connectivity index (χ0) is 17.0. The predicted octanol–water partition coefficient (Wildman–Crippen LogP) is 2.42. The lowest BCUT2D eigenvalue weighted by Crippen LogP contribution is -2.42. The molecule has 5 nitrogen and oxygen atoms in total. The van der Waals surface area contributed by atoms with E-state index < -0.39 is 21.6 Å². The number of nitrogens with zero attached hydrogens (tertiary/aromatic N) is 1. The number of fused-ring (bicyclic) bond motifs is 2. The molecule has 2 fully saturated rings. The van der Waals surface area contributed by atoms with Crippen LogP contribution in [0.2, 0.25) is 0 Å². The van der Waals surface area contributed by atoms with Crippen LogP contribution in [0, 0.1) is 16.7 Å². The topological polar surface area (TPSA) is 63.7 Å².